The fraction of sp³-hybridized carbons (Fsp3) is 0.562. The van der Waals surface area contributed by atoms with Gasteiger partial charge in [-0.15, -0.1) is 0 Å². The minimum Gasteiger partial charge on any atom is -0.349 e. The molecule has 0 saturated carbocycles. The van der Waals surface area contributed by atoms with Crippen LogP contribution in [0.4, 0.5) is 13.2 Å². The van der Waals surface area contributed by atoms with Crippen molar-refractivity contribution in [3.63, 3.8) is 0 Å². The van der Waals surface area contributed by atoms with Crippen molar-refractivity contribution in [1.82, 2.24) is 0 Å². The highest BCUT2D eigenvalue weighted by Gasteiger charge is 2.42. The molecule has 0 aliphatic carbocycles. The maximum Gasteiger partial charge on any atom is 0.418 e. The second-order valence-electron chi connectivity index (χ2n) is 4.63. The molecule has 0 heterocycles. The maximum atomic E-state index is 13.1. The molecule has 0 aromatic carbocycles. The Hall–Kier alpha value is -1.54. The maximum absolute atomic E-state index is 13.1. The molecule has 2 nitrogen and oxygen atoms in total. The molecule has 0 spiro atoms. The summed E-state index contributed by atoms with van der Waals surface area (Å²) in [6.45, 7) is 7.05. The summed E-state index contributed by atoms with van der Waals surface area (Å²) >= 11 is 0. The van der Waals surface area contributed by atoms with Crippen LogP contribution in [0.1, 0.15) is 39.5 Å². The van der Waals surface area contributed by atoms with E-state index >= 15 is 0 Å². The van der Waals surface area contributed by atoms with Crippen LogP contribution in [0.25, 0.3) is 0 Å². The average Bonchev–Trinajstić information content (AvgIpc) is 2.40. The Morgan fingerprint density at radius 1 is 1.29 bits per heavy atom. The van der Waals surface area contributed by atoms with Gasteiger partial charge in [-0.2, -0.15) is 18.4 Å². The summed E-state index contributed by atoms with van der Waals surface area (Å²) in [6.07, 6.45) is 0.714. The molecular formula is C16H22F3NO. The van der Waals surface area contributed by atoms with E-state index in [0.717, 1.165) is 24.8 Å². The minimum absolute atomic E-state index is 0.0249. The summed E-state index contributed by atoms with van der Waals surface area (Å²) in [5, 5.41) is 8.43. The highest BCUT2D eigenvalue weighted by Crippen LogP contribution is 2.29. The summed E-state index contributed by atoms with van der Waals surface area (Å²) in [5.41, 5.74) is 0.790. The number of unbranched alkanes of at least 4 members (excludes halogenated alkanes) is 1. The third-order valence-electron chi connectivity index (χ3n) is 2.67. The molecule has 118 valence electrons. The average molecular weight is 301 g/mol. The lowest BCUT2D eigenvalue weighted by molar-refractivity contribution is -0.203. The first-order valence-electron chi connectivity index (χ1n) is 6.97. The molecule has 1 atom stereocenters. The molecular weight excluding hydrogens is 279 g/mol. The molecule has 0 rings (SSSR count). The van der Waals surface area contributed by atoms with Gasteiger partial charge in [-0.25, -0.2) is 0 Å². The van der Waals surface area contributed by atoms with E-state index in [1.54, 1.807) is 12.1 Å². The number of hydrogen-bond donors (Lipinski definition) is 0. The standard InChI is InChI=1S/C16H22F3NO/c1-4-6-8-14(10-9-13(3)7-5-2)15(16(17,18)19)21-12-11-20/h8-10,15H,3-7,12H2,1-2H3/b10-9-,14-8+. The molecule has 0 aliphatic rings. The zero-order valence-electron chi connectivity index (χ0n) is 12.5. The van der Waals surface area contributed by atoms with E-state index in [1.165, 1.54) is 12.2 Å². The zero-order valence-corrected chi connectivity index (χ0v) is 12.5. The van der Waals surface area contributed by atoms with Crippen molar-refractivity contribution in [2.24, 2.45) is 0 Å². The third-order valence-corrected chi connectivity index (χ3v) is 2.67. The number of alkyl halides is 3. The number of ether oxygens (including phenoxy) is 1. The van der Waals surface area contributed by atoms with E-state index < -0.39 is 18.9 Å². The lowest BCUT2D eigenvalue weighted by Gasteiger charge is -2.21. The molecule has 21 heavy (non-hydrogen) atoms. The van der Waals surface area contributed by atoms with Gasteiger partial charge in [0.25, 0.3) is 0 Å². The van der Waals surface area contributed by atoms with Crippen LogP contribution >= 0.6 is 0 Å². The zero-order chi connectivity index (χ0) is 16.3. The Morgan fingerprint density at radius 2 is 1.95 bits per heavy atom. The van der Waals surface area contributed by atoms with Crippen molar-refractivity contribution in [3.8, 4) is 6.07 Å². The monoisotopic (exact) mass is 301 g/mol. The van der Waals surface area contributed by atoms with Crippen molar-refractivity contribution in [1.29, 1.82) is 5.26 Å². The molecule has 0 bridgehead atoms. The van der Waals surface area contributed by atoms with Crippen molar-refractivity contribution in [2.45, 2.75) is 51.8 Å². The number of nitrogens with zero attached hydrogens (tertiary/aromatic N) is 1. The molecule has 0 saturated heterocycles. The van der Waals surface area contributed by atoms with Crippen LogP contribution in [0.15, 0.2) is 36.0 Å². The van der Waals surface area contributed by atoms with Gasteiger partial charge >= 0.3 is 6.18 Å². The first-order chi connectivity index (χ1) is 9.86. The second kappa shape index (κ2) is 10.2. The van der Waals surface area contributed by atoms with Crippen LogP contribution in [-0.2, 0) is 4.74 Å². The van der Waals surface area contributed by atoms with Gasteiger partial charge in [0.15, 0.2) is 6.10 Å². The first-order valence-corrected chi connectivity index (χ1v) is 6.97. The second-order valence-corrected chi connectivity index (χ2v) is 4.63. The van der Waals surface area contributed by atoms with Gasteiger partial charge in [-0.05, 0) is 18.4 Å². The summed E-state index contributed by atoms with van der Waals surface area (Å²) < 4.78 is 43.9. The topological polar surface area (TPSA) is 33.0 Å². The van der Waals surface area contributed by atoms with E-state index in [0.29, 0.717) is 6.42 Å². The molecule has 0 aromatic rings. The first kappa shape index (κ1) is 19.5. The molecule has 0 N–H and O–H groups in total. The fourth-order valence-electron chi connectivity index (χ4n) is 1.69. The van der Waals surface area contributed by atoms with E-state index in [9.17, 15) is 13.2 Å². The Bertz CT molecular complexity index is 416. The van der Waals surface area contributed by atoms with Crippen molar-refractivity contribution in [2.75, 3.05) is 6.61 Å². The summed E-state index contributed by atoms with van der Waals surface area (Å²) in [5.74, 6) is 0. The summed E-state index contributed by atoms with van der Waals surface area (Å²) in [6, 6.07) is 1.58. The van der Waals surface area contributed by atoms with Crippen molar-refractivity contribution < 1.29 is 17.9 Å². The number of hydrogen-bond acceptors (Lipinski definition) is 2. The third kappa shape index (κ3) is 8.36. The molecule has 0 aliphatic heterocycles. The minimum atomic E-state index is -4.55. The number of nitriles is 1. The van der Waals surface area contributed by atoms with Crippen LogP contribution in [0.3, 0.4) is 0 Å². The summed E-state index contributed by atoms with van der Waals surface area (Å²) in [4.78, 5) is 0. The molecule has 5 heteroatoms. The largest absolute Gasteiger partial charge is 0.418 e. The Labute approximate surface area is 124 Å². The van der Waals surface area contributed by atoms with Crippen molar-refractivity contribution in [3.05, 3.63) is 36.0 Å². The van der Waals surface area contributed by atoms with Gasteiger partial charge in [-0.3, -0.25) is 0 Å². The van der Waals surface area contributed by atoms with Crippen LogP contribution < -0.4 is 0 Å². The molecule has 0 amide bonds. The fourth-order valence-corrected chi connectivity index (χ4v) is 1.69. The van der Waals surface area contributed by atoms with Crippen LogP contribution in [-0.4, -0.2) is 18.9 Å². The van der Waals surface area contributed by atoms with E-state index in [2.05, 4.69) is 11.3 Å². The van der Waals surface area contributed by atoms with Crippen LogP contribution in [0.2, 0.25) is 0 Å². The molecule has 0 radical (unpaired) electrons. The van der Waals surface area contributed by atoms with Gasteiger partial charge in [0.2, 0.25) is 0 Å². The Balaban J connectivity index is 5.24. The van der Waals surface area contributed by atoms with E-state index in [1.807, 2.05) is 13.8 Å². The van der Waals surface area contributed by atoms with Crippen molar-refractivity contribution >= 4 is 0 Å². The quantitative estimate of drug-likeness (QED) is 0.555. The molecule has 0 fully saturated rings. The van der Waals surface area contributed by atoms with Gasteiger partial charge < -0.3 is 4.74 Å². The highest BCUT2D eigenvalue weighted by molar-refractivity contribution is 5.30. The summed E-state index contributed by atoms with van der Waals surface area (Å²) in [7, 11) is 0. The van der Waals surface area contributed by atoms with Gasteiger partial charge in [0.05, 0.1) is 6.07 Å². The van der Waals surface area contributed by atoms with Gasteiger partial charge in [0.1, 0.15) is 6.61 Å². The van der Waals surface area contributed by atoms with Gasteiger partial charge in [0, 0.05) is 0 Å². The molecule has 0 aromatic heterocycles. The van der Waals surface area contributed by atoms with Crippen LogP contribution in [0, 0.1) is 11.3 Å². The number of allylic oxidation sites excluding steroid dienone is 3. The van der Waals surface area contributed by atoms with Gasteiger partial charge in [-0.1, -0.05) is 57.1 Å². The highest BCUT2D eigenvalue weighted by atomic mass is 19.4. The normalized spacial score (nSPS) is 14.2. The Morgan fingerprint density at radius 3 is 2.43 bits per heavy atom. The number of halogens is 3. The Kier molecular flexibility index (Phi) is 9.48. The smallest absolute Gasteiger partial charge is 0.349 e. The number of rotatable bonds is 9. The predicted molar refractivity (Wildman–Crippen MR) is 77.6 cm³/mol. The van der Waals surface area contributed by atoms with E-state index in [-0.39, 0.29) is 5.57 Å². The lowest BCUT2D eigenvalue weighted by atomic mass is 10.0. The molecule has 1 unspecified atom stereocenters. The van der Waals surface area contributed by atoms with Crippen LogP contribution in [0.5, 0.6) is 0 Å². The predicted octanol–water partition coefficient (Wildman–Crippen LogP) is 5.10. The lowest BCUT2D eigenvalue weighted by Crippen LogP contribution is -2.33. The van der Waals surface area contributed by atoms with E-state index in [4.69, 9.17) is 5.26 Å². The SMILES string of the molecule is C=C(/C=C\C(=C/CCC)C(OCC#N)C(F)(F)F)CCC.